The molecule has 0 aliphatic rings. The maximum absolute atomic E-state index is 13.2. The molecule has 0 aromatic heterocycles. The maximum Gasteiger partial charge on any atom is 0.338 e. The number of nitrogens with one attached hydrogen (secondary N) is 2. The lowest BCUT2D eigenvalue weighted by Gasteiger charge is -2.09. The third-order valence-corrected chi connectivity index (χ3v) is 4.55. The molecule has 35 heavy (non-hydrogen) atoms. The van der Waals surface area contributed by atoms with E-state index < -0.39 is 48.5 Å². The minimum absolute atomic E-state index is 0.0263. The molecule has 0 atom stereocenters. The summed E-state index contributed by atoms with van der Waals surface area (Å²) in [6.07, 6.45) is 0. The summed E-state index contributed by atoms with van der Waals surface area (Å²) in [5, 5.41) is 4.55. The summed E-state index contributed by atoms with van der Waals surface area (Å²) in [6, 6.07) is 16.1. The molecule has 0 fully saturated rings. The lowest BCUT2D eigenvalue weighted by molar-refractivity contribution is -0.131. The number of hydrogen-bond acceptors (Lipinski definition) is 6. The fourth-order valence-electron chi connectivity index (χ4n) is 2.90. The van der Waals surface area contributed by atoms with Gasteiger partial charge in [-0.25, -0.2) is 13.6 Å². The molecule has 0 saturated heterocycles. The highest BCUT2D eigenvalue weighted by Gasteiger charge is 2.12. The summed E-state index contributed by atoms with van der Waals surface area (Å²) >= 11 is 0. The summed E-state index contributed by atoms with van der Waals surface area (Å²) in [5.74, 6) is -4.30. The van der Waals surface area contributed by atoms with Gasteiger partial charge in [0.25, 0.3) is 5.91 Å². The van der Waals surface area contributed by atoms with E-state index in [-0.39, 0.29) is 11.3 Å². The molecule has 3 aromatic rings. The zero-order chi connectivity index (χ0) is 25.4. The molecule has 0 heterocycles. The van der Waals surface area contributed by atoms with Crippen molar-refractivity contribution in [3.63, 3.8) is 0 Å². The van der Waals surface area contributed by atoms with Gasteiger partial charge in [0.1, 0.15) is 5.75 Å². The molecule has 0 aliphatic carbocycles. The van der Waals surface area contributed by atoms with E-state index in [0.717, 1.165) is 23.3 Å². The molecule has 3 aromatic carbocycles. The molecule has 180 valence electrons. The Bertz CT molecular complexity index is 1240. The third kappa shape index (κ3) is 7.46. The number of benzene rings is 3. The van der Waals surface area contributed by atoms with Crippen molar-refractivity contribution in [2.45, 2.75) is 6.92 Å². The first-order valence-corrected chi connectivity index (χ1v) is 10.3. The highest BCUT2D eigenvalue weighted by molar-refractivity contribution is 5.95. The van der Waals surface area contributed by atoms with Gasteiger partial charge < -0.3 is 20.1 Å². The predicted molar refractivity (Wildman–Crippen MR) is 121 cm³/mol. The van der Waals surface area contributed by atoms with E-state index >= 15 is 0 Å². The molecule has 0 unspecified atom stereocenters. The van der Waals surface area contributed by atoms with E-state index in [4.69, 9.17) is 9.47 Å². The maximum atomic E-state index is 13.2. The van der Waals surface area contributed by atoms with Crippen molar-refractivity contribution in [2.75, 3.05) is 18.5 Å². The van der Waals surface area contributed by atoms with Crippen LogP contribution in [0.5, 0.6) is 5.75 Å². The number of amides is 2. The van der Waals surface area contributed by atoms with E-state index in [9.17, 15) is 28.0 Å². The SMILES string of the molecule is CC(=O)Oc1ccc(-c2ccc(C(=O)OCC(=O)NCC(=O)Nc3ccc(F)c(F)c3)cc2)cc1. The van der Waals surface area contributed by atoms with Crippen LogP contribution in [-0.4, -0.2) is 36.9 Å². The highest BCUT2D eigenvalue weighted by atomic mass is 19.2. The van der Waals surface area contributed by atoms with Crippen LogP contribution in [0, 0.1) is 11.6 Å². The van der Waals surface area contributed by atoms with Crippen LogP contribution in [-0.2, 0) is 19.1 Å². The van der Waals surface area contributed by atoms with Gasteiger partial charge in [0.15, 0.2) is 18.2 Å². The van der Waals surface area contributed by atoms with Crippen molar-refractivity contribution < 1.29 is 37.4 Å². The summed E-state index contributed by atoms with van der Waals surface area (Å²) in [7, 11) is 0. The van der Waals surface area contributed by atoms with Crippen molar-refractivity contribution in [3.8, 4) is 16.9 Å². The molecule has 8 nitrogen and oxygen atoms in total. The Balaban J connectivity index is 1.44. The average Bonchev–Trinajstić information content (AvgIpc) is 2.84. The van der Waals surface area contributed by atoms with Crippen LogP contribution in [0.3, 0.4) is 0 Å². The van der Waals surface area contributed by atoms with Gasteiger partial charge in [0.05, 0.1) is 12.1 Å². The molecule has 0 aliphatic heterocycles. The summed E-state index contributed by atoms with van der Waals surface area (Å²) in [6.45, 7) is 0.239. The summed E-state index contributed by atoms with van der Waals surface area (Å²) in [4.78, 5) is 46.8. The van der Waals surface area contributed by atoms with Crippen molar-refractivity contribution in [3.05, 3.63) is 83.9 Å². The Labute approximate surface area is 198 Å². The number of halogens is 2. The third-order valence-electron chi connectivity index (χ3n) is 4.55. The van der Waals surface area contributed by atoms with E-state index in [1.54, 1.807) is 36.4 Å². The van der Waals surface area contributed by atoms with Crippen LogP contribution in [0.15, 0.2) is 66.7 Å². The van der Waals surface area contributed by atoms with E-state index in [1.165, 1.54) is 25.1 Å². The molecule has 3 rings (SSSR count). The Morgan fingerprint density at radius 2 is 1.43 bits per heavy atom. The largest absolute Gasteiger partial charge is 0.452 e. The monoisotopic (exact) mass is 482 g/mol. The van der Waals surface area contributed by atoms with E-state index in [2.05, 4.69) is 10.6 Å². The van der Waals surface area contributed by atoms with Gasteiger partial charge in [0.2, 0.25) is 5.91 Å². The minimum Gasteiger partial charge on any atom is -0.452 e. The standard InChI is InChI=1S/C25H20F2N2O6/c1-15(30)35-20-9-6-17(7-10-20)16-2-4-18(5-3-16)25(33)34-14-24(32)28-13-23(31)29-19-8-11-21(26)22(27)12-19/h2-12H,13-14H2,1H3,(H,28,32)(H,29,31). The topological polar surface area (TPSA) is 111 Å². The fraction of sp³-hybridized carbons (Fsp3) is 0.120. The number of carbonyl (C=O) groups is 4. The normalized spacial score (nSPS) is 10.3. The summed E-state index contributed by atoms with van der Waals surface area (Å²) in [5.41, 5.74) is 1.88. The summed E-state index contributed by atoms with van der Waals surface area (Å²) < 4.78 is 36.0. The molecule has 0 bridgehead atoms. The smallest absolute Gasteiger partial charge is 0.338 e. The molecule has 0 radical (unpaired) electrons. The van der Waals surface area contributed by atoms with Crippen LogP contribution in [0.25, 0.3) is 11.1 Å². The second kappa shape index (κ2) is 11.5. The van der Waals surface area contributed by atoms with Crippen LogP contribution >= 0.6 is 0 Å². The Kier molecular flexibility index (Phi) is 8.23. The molecule has 2 amide bonds. The predicted octanol–water partition coefficient (Wildman–Crippen LogP) is 3.47. The van der Waals surface area contributed by atoms with Crippen LogP contribution in [0.1, 0.15) is 17.3 Å². The Morgan fingerprint density at radius 1 is 0.800 bits per heavy atom. The van der Waals surface area contributed by atoms with Crippen LogP contribution < -0.4 is 15.4 Å². The first-order chi connectivity index (χ1) is 16.7. The van der Waals surface area contributed by atoms with E-state index in [0.29, 0.717) is 5.75 Å². The number of hydrogen-bond donors (Lipinski definition) is 2. The second-order valence-corrected chi connectivity index (χ2v) is 7.23. The average molecular weight is 482 g/mol. The zero-order valence-electron chi connectivity index (χ0n) is 18.5. The van der Waals surface area contributed by atoms with Crippen molar-refractivity contribution in [2.24, 2.45) is 0 Å². The molecule has 0 saturated carbocycles. The van der Waals surface area contributed by atoms with Gasteiger partial charge in [-0.15, -0.1) is 0 Å². The molecular formula is C25H20F2N2O6. The number of anilines is 1. The number of esters is 2. The second-order valence-electron chi connectivity index (χ2n) is 7.23. The Hall–Kier alpha value is -4.60. The van der Waals surface area contributed by atoms with Crippen molar-refractivity contribution in [1.82, 2.24) is 5.32 Å². The van der Waals surface area contributed by atoms with Gasteiger partial charge >= 0.3 is 11.9 Å². The molecule has 0 spiro atoms. The van der Waals surface area contributed by atoms with Gasteiger partial charge in [-0.3, -0.25) is 14.4 Å². The minimum atomic E-state index is -1.12. The van der Waals surface area contributed by atoms with Crippen molar-refractivity contribution >= 4 is 29.4 Å². The lowest BCUT2D eigenvalue weighted by atomic mass is 10.0. The first kappa shape index (κ1) is 25.0. The van der Waals surface area contributed by atoms with E-state index in [1.807, 2.05) is 0 Å². The lowest BCUT2D eigenvalue weighted by Crippen LogP contribution is -2.35. The first-order valence-electron chi connectivity index (χ1n) is 10.3. The van der Waals surface area contributed by atoms with Crippen LogP contribution in [0.2, 0.25) is 0 Å². The van der Waals surface area contributed by atoms with Crippen molar-refractivity contribution in [1.29, 1.82) is 0 Å². The van der Waals surface area contributed by atoms with Gasteiger partial charge in [-0.2, -0.15) is 0 Å². The number of rotatable bonds is 8. The van der Waals surface area contributed by atoms with Crippen LogP contribution in [0.4, 0.5) is 14.5 Å². The fourth-order valence-corrected chi connectivity index (χ4v) is 2.90. The number of ether oxygens (including phenoxy) is 2. The zero-order valence-corrected chi connectivity index (χ0v) is 18.5. The van der Waals surface area contributed by atoms with Gasteiger partial charge in [0, 0.05) is 18.7 Å². The van der Waals surface area contributed by atoms with Gasteiger partial charge in [-0.1, -0.05) is 24.3 Å². The van der Waals surface area contributed by atoms with Gasteiger partial charge in [-0.05, 0) is 47.5 Å². The molecular weight excluding hydrogens is 462 g/mol. The molecule has 10 heteroatoms. The number of carbonyl (C=O) groups excluding carboxylic acids is 4. The quantitative estimate of drug-likeness (QED) is 0.376. The highest BCUT2D eigenvalue weighted by Crippen LogP contribution is 2.23. The molecule has 2 N–H and O–H groups in total. The Morgan fingerprint density at radius 3 is 2.03 bits per heavy atom.